The van der Waals surface area contributed by atoms with Crippen molar-refractivity contribution in [3.8, 4) is 11.8 Å². The van der Waals surface area contributed by atoms with E-state index in [1.165, 1.54) is 11.3 Å². The van der Waals surface area contributed by atoms with Crippen LogP contribution in [0.1, 0.15) is 35.0 Å². The molecule has 0 spiro atoms. The van der Waals surface area contributed by atoms with Crippen LogP contribution in [0.3, 0.4) is 0 Å². The summed E-state index contributed by atoms with van der Waals surface area (Å²) in [5.74, 6) is 5.92. The Morgan fingerprint density at radius 2 is 2.10 bits per heavy atom. The number of likely N-dealkylation sites (N-methyl/N-ethyl adjacent to an activating group) is 1. The van der Waals surface area contributed by atoms with E-state index in [1.54, 1.807) is 0 Å². The number of amides is 1. The molecule has 5 heteroatoms. The molecule has 0 aliphatic carbocycles. The van der Waals surface area contributed by atoms with Crippen LogP contribution in [-0.2, 0) is 0 Å². The summed E-state index contributed by atoms with van der Waals surface area (Å²) in [6.45, 7) is 4.52. The molecule has 1 heterocycles. The molecule has 1 N–H and O–H groups in total. The molecule has 21 heavy (non-hydrogen) atoms. The molecule has 0 saturated heterocycles. The molecule has 0 aliphatic heterocycles. The van der Waals surface area contributed by atoms with Crippen LogP contribution in [0.2, 0.25) is 0 Å². The van der Waals surface area contributed by atoms with Crippen LogP contribution >= 0.6 is 11.3 Å². The van der Waals surface area contributed by atoms with Gasteiger partial charge in [0.1, 0.15) is 0 Å². The second-order valence-corrected chi connectivity index (χ2v) is 5.98. The highest BCUT2D eigenvalue weighted by Gasteiger charge is 2.16. The molecule has 1 aromatic heterocycles. The van der Waals surface area contributed by atoms with Gasteiger partial charge in [0.15, 0.2) is 0 Å². The quantitative estimate of drug-likeness (QED) is 0.782. The molecule has 0 atom stereocenters. The van der Waals surface area contributed by atoms with Crippen molar-refractivity contribution in [2.75, 3.05) is 40.3 Å². The molecule has 0 bridgehead atoms. The Morgan fingerprint density at radius 3 is 2.71 bits per heavy atom. The van der Waals surface area contributed by atoms with E-state index in [0.717, 1.165) is 30.9 Å². The first-order valence-corrected chi connectivity index (χ1v) is 8.08. The van der Waals surface area contributed by atoms with Gasteiger partial charge in [0.05, 0.1) is 17.0 Å². The molecule has 0 fully saturated rings. The van der Waals surface area contributed by atoms with E-state index in [1.807, 2.05) is 30.4 Å². The van der Waals surface area contributed by atoms with E-state index in [2.05, 4.69) is 23.7 Å². The van der Waals surface area contributed by atoms with Crippen LogP contribution in [0.15, 0.2) is 11.4 Å². The monoisotopic (exact) mass is 308 g/mol. The Balaban J connectivity index is 2.72. The summed E-state index contributed by atoms with van der Waals surface area (Å²) in [4.78, 5) is 17.4. The van der Waals surface area contributed by atoms with Crippen molar-refractivity contribution in [1.29, 1.82) is 0 Å². The van der Waals surface area contributed by atoms with Gasteiger partial charge in [-0.3, -0.25) is 4.79 Å². The van der Waals surface area contributed by atoms with Crippen molar-refractivity contribution in [2.45, 2.75) is 19.8 Å². The molecule has 4 nitrogen and oxygen atoms in total. The van der Waals surface area contributed by atoms with Crippen LogP contribution < -0.4 is 0 Å². The highest BCUT2D eigenvalue weighted by Crippen LogP contribution is 2.16. The second kappa shape index (κ2) is 9.56. The minimum absolute atomic E-state index is 0.0684. The van der Waals surface area contributed by atoms with E-state index in [4.69, 9.17) is 5.11 Å². The molecule has 0 saturated carbocycles. The Bertz CT molecular complexity index is 500. The zero-order chi connectivity index (χ0) is 15.7. The van der Waals surface area contributed by atoms with Crippen LogP contribution in [0.4, 0.5) is 0 Å². The van der Waals surface area contributed by atoms with Gasteiger partial charge >= 0.3 is 0 Å². The molecule has 0 unspecified atom stereocenters. The number of hydrogen-bond acceptors (Lipinski definition) is 4. The first kappa shape index (κ1) is 17.7. The average molecular weight is 308 g/mol. The van der Waals surface area contributed by atoms with Gasteiger partial charge in [0.2, 0.25) is 0 Å². The number of rotatable bonds is 7. The van der Waals surface area contributed by atoms with Crippen molar-refractivity contribution in [1.82, 2.24) is 9.80 Å². The van der Waals surface area contributed by atoms with Crippen molar-refractivity contribution in [3.63, 3.8) is 0 Å². The van der Waals surface area contributed by atoms with Gasteiger partial charge < -0.3 is 14.9 Å². The minimum Gasteiger partial charge on any atom is -0.395 e. The number of hydrogen-bond donors (Lipinski definition) is 1. The smallest absolute Gasteiger partial charge is 0.254 e. The Kier molecular flexibility index (Phi) is 8.06. The van der Waals surface area contributed by atoms with Gasteiger partial charge in [-0.2, -0.15) is 0 Å². The topological polar surface area (TPSA) is 43.8 Å². The van der Waals surface area contributed by atoms with Crippen LogP contribution in [0.5, 0.6) is 0 Å². The summed E-state index contributed by atoms with van der Waals surface area (Å²) in [6.07, 6.45) is 1.42. The van der Waals surface area contributed by atoms with E-state index >= 15 is 0 Å². The number of thiophene rings is 1. The maximum atomic E-state index is 12.5. The van der Waals surface area contributed by atoms with Gasteiger partial charge in [-0.25, -0.2) is 0 Å². The zero-order valence-electron chi connectivity index (χ0n) is 13.1. The van der Waals surface area contributed by atoms with E-state index in [9.17, 15) is 4.79 Å². The normalized spacial score (nSPS) is 10.3. The third-order valence-electron chi connectivity index (χ3n) is 2.89. The van der Waals surface area contributed by atoms with E-state index in [0.29, 0.717) is 12.0 Å². The average Bonchev–Trinajstić information content (AvgIpc) is 2.91. The van der Waals surface area contributed by atoms with Gasteiger partial charge in [0, 0.05) is 31.4 Å². The third kappa shape index (κ3) is 6.30. The molecule has 1 amide bonds. The van der Waals surface area contributed by atoms with E-state index in [-0.39, 0.29) is 12.5 Å². The molecule has 0 aliphatic rings. The second-order valence-electron chi connectivity index (χ2n) is 5.07. The first-order valence-electron chi connectivity index (χ1n) is 7.20. The predicted octanol–water partition coefficient (Wildman–Crippen LogP) is 1.90. The molecular weight excluding hydrogens is 284 g/mol. The lowest BCUT2D eigenvalue weighted by molar-refractivity contribution is 0.0745. The molecule has 1 aromatic rings. The number of aliphatic hydroxyl groups excluding tert-OH is 1. The number of carbonyl (C=O) groups is 1. The van der Waals surface area contributed by atoms with Crippen molar-refractivity contribution in [2.24, 2.45) is 0 Å². The molecule has 0 aromatic carbocycles. The van der Waals surface area contributed by atoms with Crippen molar-refractivity contribution in [3.05, 3.63) is 21.9 Å². The van der Waals surface area contributed by atoms with Gasteiger partial charge in [0.25, 0.3) is 5.91 Å². The van der Waals surface area contributed by atoms with Crippen LogP contribution in [0.25, 0.3) is 0 Å². The largest absolute Gasteiger partial charge is 0.395 e. The van der Waals surface area contributed by atoms with E-state index < -0.39 is 0 Å². The number of carbonyl (C=O) groups excluding carboxylic acids is 1. The maximum absolute atomic E-state index is 12.5. The van der Waals surface area contributed by atoms with Crippen LogP contribution in [-0.4, -0.2) is 61.2 Å². The molecule has 1 rings (SSSR count). The fraction of sp³-hybridized carbons (Fsp3) is 0.562. The summed E-state index contributed by atoms with van der Waals surface area (Å²) in [6, 6.07) is 1.84. The predicted molar refractivity (Wildman–Crippen MR) is 87.6 cm³/mol. The van der Waals surface area contributed by atoms with Gasteiger partial charge in [-0.15, -0.1) is 11.3 Å². The minimum atomic E-state index is 0.0684. The summed E-state index contributed by atoms with van der Waals surface area (Å²) in [7, 11) is 4.02. The SMILES string of the molecule is CCCN(CCN(C)C)C(=O)c1csc(C#CCCO)c1. The first-order chi connectivity index (χ1) is 10.1. The summed E-state index contributed by atoms with van der Waals surface area (Å²) < 4.78 is 0. The lowest BCUT2D eigenvalue weighted by atomic mass is 10.2. The fourth-order valence-corrected chi connectivity index (χ4v) is 2.56. The maximum Gasteiger partial charge on any atom is 0.254 e. The third-order valence-corrected chi connectivity index (χ3v) is 3.74. The van der Waals surface area contributed by atoms with Crippen molar-refractivity contribution < 1.29 is 9.90 Å². The fourth-order valence-electron chi connectivity index (χ4n) is 1.81. The highest BCUT2D eigenvalue weighted by atomic mass is 32.1. The Hall–Kier alpha value is -1.35. The lowest BCUT2D eigenvalue weighted by Crippen LogP contribution is -2.37. The highest BCUT2D eigenvalue weighted by molar-refractivity contribution is 7.10. The molecule has 116 valence electrons. The zero-order valence-corrected chi connectivity index (χ0v) is 13.9. The van der Waals surface area contributed by atoms with Gasteiger partial charge in [-0.1, -0.05) is 18.8 Å². The van der Waals surface area contributed by atoms with Gasteiger partial charge in [-0.05, 0) is 26.6 Å². The standard InChI is InChI=1S/C16H24N2O2S/c1-4-8-18(10-9-17(2)3)16(20)14-12-15(21-13-14)7-5-6-11-19/h12-13,19H,4,6,8-11H2,1-3H3. The summed E-state index contributed by atoms with van der Waals surface area (Å²) in [5.41, 5.74) is 0.709. The Morgan fingerprint density at radius 1 is 1.33 bits per heavy atom. The number of aliphatic hydroxyl groups is 1. The molecular formula is C16H24N2O2S. The lowest BCUT2D eigenvalue weighted by Gasteiger charge is -2.23. The number of nitrogens with zero attached hydrogens (tertiary/aromatic N) is 2. The molecule has 0 radical (unpaired) electrons. The Labute approximate surface area is 131 Å². The van der Waals surface area contributed by atoms with Crippen molar-refractivity contribution >= 4 is 17.2 Å². The summed E-state index contributed by atoms with van der Waals surface area (Å²) in [5, 5.41) is 10.6. The summed E-state index contributed by atoms with van der Waals surface area (Å²) >= 11 is 1.48. The van der Waals surface area contributed by atoms with Crippen LogP contribution in [0, 0.1) is 11.8 Å².